The second-order valence-electron chi connectivity index (χ2n) is 3.60. The van der Waals surface area contributed by atoms with Gasteiger partial charge in [-0.25, -0.2) is 4.79 Å². The highest BCUT2D eigenvalue weighted by Gasteiger charge is 2.41. The van der Waals surface area contributed by atoms with Crippen LogP contribution in [-0.4, -0.2) is 12.8 Å². The molecule has 2 rings (SSSR count). The Morgan fingerprint density at radius 1 is 1.53 bits per heavy atom. The molecule has 1 unspecified atom stereocenters. The van der Waals surface area contributed by atoms with Gasteiger partial charge in [0.25, 0.3) is 0 Å². The lowest BCUT2D eigenvalue weighted by Gasteiger charge is -2.21. The van der Waals surface area contributed by atoms with E-state index in [-0.39, 0.29) is 6.61 Å². The van der Waals surface area contributed by atoms with Crippen molar-refractivity contribution >= 4 is 6.16 Å². The molecule has 0 saturated carbocycles. The lowest BCUT2D eigenvalue weighted by Crippen LogP contribution is -2.25. The first-order valence-electron chi connectivity index (χ1n) is 4.73. The Morgan fingerprint density at radius 3 is 2.87 bits per heavy atom. The van der Waals surface area contributed by atoms with Gasteiger partial charge in [-0.2, -0.15) is 0 Å². The number of hydrogen-bond acceptors (Lipinski definition) is 3. The summed E-state index contributed by atoms with van der Waals surface area (Å²) in [6.45, 7) is 5.88. The summed E-state index contributed by atoms with van der Waals surface area (Å²) in [4.78, 5) is 11.0. The fourth-order valence-electron chi connectivity index (χ4n) is 1.64. The number of ether oxygens (including phenoxy) is 2. The van der Waals surface area contributed by atoms with Gasteiger partial charge in [0, 0.05) is 5.56 Å². The molecule has 0 spiro atoms. The fraction of sp³-hybridized carbons (Fsp3) is 0.250. The summed E-state index contributed by atoms with van der Waals surface area (Å²) in [6, 6.07) is 7.76. The topological polar surface area (TPSA) is 35.5 Å². The third kappa shape index (κ3) is 1.61. The third-order valence-corrected chi connectivity index (χ3v) is 2.51. The Hall–Kier alpha value is -1.77. The standard InChI is InChI=1S/C12H12O3/c1-3-12(8-14-11(13)15-12)10-6-4-5-9(2)7-10/h3-7H,1,8H2,2H3. The van der Waals surface area contributed by atoms with Crippen molar-refractivity contribution in [1.29, 1.82) is 0 Å². The summed E-state index contributed by atoms with van der Waals surface area (Å²) >= 11 is 0. The Bertz CT molecular complexity index is 411. The summed E-state index contributed by atoms with van der Waals surface area (Å²) in [5.41, 5.74) is 1.18. The van der Waals surface area contributed by atoms with Gasteiger partial charge < -0.3 is 9.47 Å². The monoisotopic (exact) mass is 204 g/mol. The first-order chi connectivity index (χ1) is 7.16. The van der Waals surface area contributed by atoms with Gasteiger partial charge >= 0.3 is 6.16 Å². The van der Waals surface area contributed by atoms with E-state index < -0.39 is 11.8 Å². The third-order valence-electron chi connectivity index (χ3n) is 2.51. The molecule has 1 saturated heterocycles. The second-order valence-corrected chi connectivity index (χ2v) is 3.60. The van der Waals surface area contributed by atoms with Crippen molar-refractivity contribution in [3.63, 3.8) is 0 Å². The molecule has 1 aromatic carbocycles. The quantitative estimate of drug-likeness (QED) is 0.548. The molecule has 0 aromatic heterocycles. The number of cyclic esters (lactones) is 2. The van der Waals surface area contributed by atoms with E-state index in [1.807, 2.05) is 31.2 Å². The van der Waals surface area contributed by atoms with Gasteiger partial charge in [0.2, 0.25) is 0 Å². The Labute approximate surface area is 88.3 Å². The smallest absolute Gasteiger partial charge is 0.429 e. The SMILES string of the molecule is C=CC1(c2cccc(C)c2)COC(=O)O1. The van der Waals surface area contributed by atoms with E-state index in [1.165, 1.54) is 0 Å². The number of benzene rings is 1. The summed E-state index contributed by atoms with van der Waals surface area (Å²) in [5, 5.41) is 0. The normalized spacial score (nSPS) is 24.5. The molecular formula is C12H12O3. The van der Waals surface area contributed by atoms with Crippen molar-refractivity contribution in [3.8, 4) is 0 Å². The van der Waals surface area contributed by atoms with Crippen LogP contribution in [0.4, 0.5) is 4.79 Å². The van der Waals surface area contributed by atoms with Crippen LogP contribution < -0.4 is 0 Å². The lowest BCUT2D eigenvalue weighted by molar-refractivity contribution is 0.0887. The molecule has 15 heavy (non-hydrogen) atoms. The minimum absolute atomic E-state index is 0.193. The number of carbonyl (C=O) groups is 1. The van der Waals surface area contributed by atoms with Crippen LogP contribution in [0.25, 0.3) is 0 Å². The molecule has 3 nitrogen and oxygen atoms in total. The van der Waals surface area contributed by atoms with E-state index in [0.717, 1.165) is 11.1 Å². The summed E-state index contributed by atoms with van der Waals surface area (Å²) in [5.74, 6) is 0. The molecule has 1 aliphatic rings. The van der Waals surface area contributed by atoms with Crippen LogP contribution in [0.5, 0.6) is 0 Å². The van der Waals surface area contributed by atoms with Crippen LogP contribution in [0.15, 0.2) is 36.9 Å². The van der Waals surface area contributed by atoms with Crippen molar-refractivity contribution < 1.29 is 14.3 Å². The van der Waals surface area contributed by atoms with E-state index in [2.05, 4.69) is 6.58 Å². The van der Waals surface area contributed by atoms with E-state index in [4.69, 9.17) is 9.47 Å². The Balaban J connectivity index is 2.43. The van der Waals surface area contributed by atoms with Crippen LogP contribution >= 0.6 is 0 Å². The average molecular weight is 204 g/mol. The highest BCUT2D eigenvalue weighted by Crippen LogP contribution is 2.33. The zero-order chi connectivity index (χ0) is 10.9. The van der Waals surface area contributed by atoms with E-state index in [0.29, 0.717) is 0 Å². The molecule has 0 bridgehead atoms. The minimum Gasteiger partial charge on any atom is -0.429 e. The molecule has 0 amide bonds. The second kappa shape index (κ2) is 3.42. The van der Waals surface area contributed by atoms with Crippen molar-refractivity contribution in [3.05, 3.63) is 48.0 Å². The maximum absolute atomic E-state index is 11.0. The van der Waals surface area contributed by atoms with Crippen molar-refractivity contribution in [2.75, 3.05) is 6.61 Å². The minimum atomic E-state index is -0.816. The van der Waals surface area contributed by atoms with Crippen LogP contribution in [0.1, 0.15) is 11.1 Å². The first-order valence-corrected chi connectivity index (χ1v) is 4.73. The van der Waals surface area contributed by atoms with Gasteiger partial charge in [0.15, 0.2) is 5.60 Å². The predicted molar refractivity (Wildman–Crippen MR) is 55.5 cm³/mol. The van der Waals surface area contributed by atoms with Gasteiger partial charge in [0.05, 0.1) is 0 Å². The maximum Gasteiger partial charge on any atom is 0.509 e. The zero-order valence-electron chi connectivity index (χ0n) is 8.53. The van der Waals surface area contributed by atoms with Gasteiger partial charge in [-0.3, -0.25) is 0 Å². The Morgan fingerprint density at radius 2 is 2.33 bits per heavy atom. The zero-order valence-corrected chi connectivity index (χ0v) is 8.53. The molecule has 3 heteroatoms. The van der Waals surface area contributed by atoms with E-state index in [1.54, 1.807) is 6.08 Å². The van der Waals surface area contributed by atoms with Crippen molar-refractivity contribution in [2.45, 2.75) is 12.5 Å². The van der Waals surface area contributed by atoms with Gasteiger partial charge in [-0.05, 0) is 13.0 Å². The predicted octanol–water partition coefficient (Wildman–Crippen LogP) is 2.54. The molecule has 1 aliphatic heterocycles. The number of hydrogen-bond donors (Lipinski definition) is 0. The summed E-state index contributed by atoms with van der Waals surface area (Å²) < 4.78 is 9.98. The van der Waals surface area contributed by atoms with E-state index >= 15 is 0 Å². The summed E-state index contributed by atoms with van der Waals surface area (Å²) in [7, 11) is 0. The van der Waals surface area contributed by atoms with Crippen LogP contribution in [-0.2, 0) is 15.1 Å². The average Bonchev–Trinajstić information content (AvgIpc) is 2.61. The molecule has 0 N–H and O–H groups in total. The number of carbonyl (C=O) groups excluding carboxylic acids is 1. The summed E-state index contributed by atoms with van der Waals surface area (Å²) in [6.07, 6.45) is 0.962. The lowest BCUT2D eigenvalue weighted by atomic mass is 9.94. The largest absolute Gasteiger partial charge is 0.509 e. The van der Waals surface area contributed by atoms with Crippen LogP contribution in [0, 0.1) is 6.92 Å². The molecule has 1 aromatic rings. The Kier molecular flexibility index (Phi) is 2.23. The van der Waals surface area contributed by atoms with Crippen molar-refractivity contribution in [1.82, 2.24) is 0 Å². The van der Waals surface area contributed by atoms with E-state index in [9.17, 15) is 4.79 Å². The van der Waals surface area contributed by atoms with Gasteiger partial charge in [-0.15, -0.1) is 0 Å². The number of aryl methyl sites for hydroxylation is 1. The highest BCUT2D eigenvalue weighted by atomic mass is 16.8. The molecule has 0 radical (unpaired) electrons. The molecule has 0 aliphatic carbocycles. The van der Waals surface area contributed by atoms with Gasteiger partial charge in [-0.1, -0.05) is 36.4 Å². The molecule has 1 heterocycles. The molecule has 1 fully saturated rings. The van der Waals surface area contributed by atoms with Crippen molar-refractivity contribution in [2.24, 2.45) is 0 Å². The molecule has 78 valence electrons. The fourth-order valence-corrected chi connectivity index (χ4v) is 1.64. The van der Waals surface area contributed by atoms with Gasteiger partial charge in [0.1, 0.15) is 6.61 Å². The number of rotatable bonds is 2. The maximum atomic E-state index is 11.0. The highest BCUT2D eigenvalue weighted by molar-refractivity contribution is 5.64. The van der Waals surface area contributed by atoms with Crippen LogP contribution in [0.2, 0.25) is 0 Å². The molecular weight excluding hydrogens is 192 g/mol. The van der Waals surface area contributed by atoms with Crippen LogP contribution in [0.3, 0.4) is 0 Å². The molecule has 1 atom stereocenters. The first kappa shape index (κ1) is 9.77.